The second kappa shape index (κ2) is 8.75. The van der Waals surface area contributed by atoms with Crippen molar-refractivity contribution in [3.63, 3.8) is 0 Å². The molecule has 7 nitrogen and oxygen atoms in total. The number of benzene rings is 1. The summed E-state index contributed by atoms with van der Waals surface area (Å²) in [6, 6.07) is 10.1. The molecule has 7 heteroatoms. The third kappa shape index (κ3) is 4.89. The summed E-state index contributed by atoms with van der Waals surface area (Å²) in [5.41, 5.74) is 1.74. The number of rotatable bonds is 7. The molecule has 0 aliphatic heterocycles. The van der Waals surface area contributed by atoms with Crippen molar-refractivity contribution in [2.75, 3.05) is 18.4 Å². The van der Waals surface area contributed by atoms with E-state index < -0.39 is 5.97 Å². The molecule has 1 aromatic heterocycles. The first kappa shape index (κ1) is 19.1. The second-order valence-corrected chi connectivity index (χ2v) is 5.83. The van der Waals surface area contributed by atoms with Crippen molar-refractivity contribution in [2.45, 2.75) is 20.3 Å². The van der Waals surface area contributed by atoms with Gasteiger partial charge in [0.1, 0.15) is 12.2 Å². The standard InChI is InChI=1S/C19H21N3O4/c1-3-10-22(12-17(23)21-15-7-5-4-6-13(15)2)18(24)14-8-9-16(19(25)26)20-11-14/h4-9,11H,3,10,12H2,1-2H3,(H,21,23)(H,25,26). The van der Waals surface area contributed by atoms with Gasteiger partial charge in [0.05, 0.1) is 5.56 Å². The van der Waals surface area contributed by atoms with E-state index >= 15 is 0 Å². The third-order valence-electron chi connectivity index (χ3n) is 3.76. The number of amides is 2. The van der Waals surface area contributed by atoms with Gasteiger partial charge in [0, 0.05) is 18.4 Å². The van der Waals surface area contributed by atoms with Crippen LogP contribution in [0.15, 0.2) is 42.6 Å². The SMILES string of the molecule is CCCN(CC(=O)Nc1ccccc1C)C(=O)c1ccc(C(=O)O)nc1. The minimum atomic E-state index is -1.16. The fourth-order valence-corrected chi connectivity index (χ4v) is 2.43. The van der Waals surface area contributed by atoms with E-state index in [-0.39, 0.29) is 29.6 Å². The molecule has 1 heterocycles. The number of carbonyl (C=O) groups is 3. The highest BCUT2D eigenvalue weighted by Gasteiger charge is 2.19. The van der Waals surface area contributed by atoms with Crippen LogP contribution < -0.4 is 5.32 Å². The molecule has 0 radical (unpaired) electrons. The Labute approximate surface area is 151 Å². The van der Waals surface area contributed by atoms with Crippen molar-refractivity contribution in [3.05, 3.63) is 59.4 Å². The lowest BCUT2D eigenvalue weighted by atomic mass is 10.2. The highest BCUT2D eigenvalue weighted by Crippen LogP contribution is 2.13. The van der Waals surface area contributed by atoms with Gasteiger partial charge in [-0.25, -0.2) is 9.78 Å². The molecule has 0 aliphatic carbocycles. The number of hydrogen-bond donors (Lipinski definition) is 2. The van der Waals surface area contributed by atoms with Crippen LogP contribution in [0.2, 0.25) is 0 Å². The fraction of sp³-hybridized carbons (Fsp3) is 0.263. The Hall–Kier alpha value is -3.22. The molecule has 0 unspecified atom stereocenters. The first-order valence-corrected chi connectivity index (χ1v) is 8.26. The van der Waals surface area contributed by atoms with E-state index in [0.29, 0.717) is 18.7 Å². The minimum Gasteiger partial charge on any atom is -0.477 e. The van der Waals surface area contributed by atoms with E-state index in [1.807, 2.05) is 32.0 Å². The average Bonchev–Trinajstić information content (AvgIpc) is 2.63. The number of nitrogens with one attached hydrogen (secondary N) is 1. The summed E-state index contributed by atoms with van der Waals surface area (Å²) in [6.45, 7) is 4.11. The van der Waals surface area contributed by atoms with Crippen LogP contribution in [0, 0.1) is 6.92 Å². The van der Waals surface area contributed by atoms with Gasteiger partial charge < -0.3 is 15.3 Å². The Morgan fingerprint density at radius 3 is 2.46 bits per heavy atom. The second-order valence-electron chi connectivity index (χ2n) is 5.83. The van der Waals surface area contributed by atoms with Crippen molar-refractivity contribution in [1.29, 1.82) is 0 Å². The molecule has 2 rings (SSSR count). The normalized spacial score (nSPS) is 10.2. The van der Waals surface area contributed by atoms with Crippen LogP contribution in [0.4, 0.5) is 5.69 Å². The molecule has 0 saturated heterocycles. The summed E-state index contributed by atoms with van der Waals surface area (Å²) < 4.78 is 0. The van der Waals surface area contributed by atoms with Gasteiger partial charge in [-0.15, -0.1) is 0 Å². The zero-order valence-corrected chi connectivity index (χ0v) is 14.7. The topological polar surface area (TPSA) is 99.6 Å². The van der Waals surface area contributed by atoms with Gasteiger partial charge in [-0.1, -0.05) is 25.1 Å². The number of carboxylic acids is 1. The number of hydrogen-bond acceptors (Lipinski definition) is 4. The van der Waals surface area contributed by atoms with E-state index in [2.05, 4.69) is 10.3 Å². The lowest BCUT2D eigenvalue weighted by Crippen LogP contribution is -2.38. The monoisotopic (exact) mass is 355 g/mol. The maximum absolute atomic E-state index is 12.6. The number of nitrogens with zero attached hydrogens (tertiary/aromatic N) is 2. The van der Waals surface area contributed by atoms with Crippen molar-refractivity contribution >= 4 is 23.5 Å². The van der Waals surface area contributed by atoms with Crippen molar-refractivity contribution in [3.8, 4) is 0 Å². The maximum atomic E-state index is 12.6. The quantitative estimate of drug-likeness (QED) is 0.795. The number of aromatic carboxylic acids is 1. The number of pyridine rings is 1. The predicted octanol–water partition coefficient (Wildman–Crippen LogP) is 2.58. The van der Waals surface area contributed by atoms with Gasteiger partial charge in [0.25, 0.3) is 5.91 Å². The van der Waals surface area contributed by atoms with Crippen LogP contribution in [0.5, 0.6) is 0 Å². The van der Waals surface area contributed by atoms with Crippen LogP contribution in [0.1, 0.15) is 39.8 Å². The molecular weight excluding hydrogens is 334 g/mol. The Morgan fingerprint density at radius 2 is 1.88 bits per heavy atom. The van der Waals surface area contributed by atoms with E-state index in [9.17, 15) is 14.4 Å². The maximum Gasteiger partial charge on any atom is 0.354 e. The molecule has 2 aromatic rings. The summed E-state index contributed by atoms with van der Waals surface area (Å²) in [6.07, 6.45) is 1.90. The number of aryl methyl sites for hydroxylation is 1. The predicted molar refractivity (Wildman–Crippen MR) is 97.2 cm³/mol. The summed E-state index contributed by atoms with van der Waals surface area (Å²) in [4.78, 5) is 41.0. The minimum absolute atomic E-state index is 0.0955. The first-order valence-electron chi connectivity index (χ1n) is 8.26. The highest BCUT2D eigenvalue weighted by molar-refractivity contribution is 5.99. The molecule has 0 atom stereocenters. The Balaban J connectivity index is 2.09. The van der Waals surface area contributed by atoms with E-state index in [1.54, 1.807) is 6.07 Å². The van der Waals surface area contributed by atoms with Crippen molar-refractivity contribution in [2.24, 2.45) is 0 Å². The van der Waals surface area contributed by atoms with Gasteiger partial charge in [0.2, 0.25) is 5.91 Å². The number of carbonyl (C=O) groups excluding carboxylic acids is 2. The van der Waals surface area contributed by atoms with Gasteiger partial charge >= 0.3 is 5.97 Å². The smallest absolute Gasteiger partial charge is 0.354 e. The number of aromatic nitrogens is 1. The highest BCUT2D eigenvalue weighted by atomic mass is 16.4. The van der Waals surface area contributed by atoms with Gasteiger partial charge in [-0.2, -0.15) is 0 Å². The Bertz CT molecular complexity index is 803. The Kier molecular flexibility index (Phi) is 6.43. The number of para-hydroxylation sites is 1. The molecule has 0 saturated carbocycles. The lowest BCUT2D eigenvalue weighted by molar-refractivity contribution is -0.116. The van der Waals surface area contributed by atoms with Crippen molar-refractivity contribution < 1.29 is 19.5 Å². The zero-order chi connectivity index (χ0) is 19.1. The molecule has 2 amide bonds. The van der Waals surface area contributed by atoms with Crippen LogP contribution in [0.25, 0.3) is 0 Å². The van der Waals surface area contributed by atoms with Crippen LogP contribution in [-0.2, 0) is 4.79 Å². The molecule has 26 heavy (non-hydrogen) atoms. The molecule has 136 valence electrons. The molecule has 0 spiro atoms. The summed E-state index contributed by atoms with van der Waals surface area (Å²) in [5, 5.41) is 11.7. The molecule has 0 fully saturated rings. The zero-order valence-electron chi connectivity index (χ0n) is 14.7. The molecule has 0 bridgehead atoms. The van der Waals surface area contributed by atoms with E-state index in [0.717, 1.165) is 5.56 Å². The molecule has 1 aromatic carbocycles. The van der Waals surface area contributed by atoms with Gasteiger partial charge in [-0.05, 0) is 37.1 Å². The van der Waals surface area contributed by atoms with E-state index in [1.165, 1.54) is 23.2 Å². The average molecular weight is 355 g/mol. The Morgan fingerprint density at radius 1 is 1.15 bits per heavy atom. The summed E-state index contributed by atoms with van der Waals surface area (Å²) in [5.74, 6) is -1.82. The third-order valence-corrected chi connectivity index (χ3v) is 3.76. The van der Waals surface area contributed by atoms with Crippen LogP contribution in [-0.4, -0.2) is 45.9 Å². The lowest BCUT2D eigenvalue weighted by Gasteiger charge is -2.22. The largest absolute Gasteiger partial charge is 0.477 e. The molecular formula is C19H21N3O4. The van der Waals surface area contributed by atoms with E-state index in [4.69, 9.17) is 5.11 Å². The van der Waals surface area contributed by atoms with Gasteiger partial charge in [-0.3, -0.25) is 9.59 Å². The van der Waals surface area contributed by atoms with Crippen molar-refractivity contribution in [1.82, 2.24) is 9.88 Å². The summed E-state index contributed by atoms with van der Waals surface area (Å²) >= 11 is 0. The fourth-order valence-electron chi connectivity index (χ4n) is 2.43. The number of carboxylic acid groups (broad SMARTS) is 1. The van der Waals surface area contributed by atoms with Gasteiger partial charge in [0.15, 0.2) is 0 Å². The molecule has 2 N–H and O–H groups in total. The van der Waals surface area contributed by atoms with Crippen LogP contribution >= 0.6 is 0 Å². The summed E-state index contributed by atoms with van der Waals surface area (Å²) in [7, 11) is 0. The molecule has 0 aliphatic rings. The first-order chi connectivity index (χ1) is 12.4. The number of anilines is 1. The van der Waals surface area contributed by atoms with Crippen LogP contribution in [0.3, 0.4) is 0 Å².